The van der Waals surface area contributed by atoms with Crippen LogP contribution < -0.4 is 0 Å². The number of aromatic hydroxyl groups is 1. The van der Waals surface area contributed by atoms with Crippen molar-refractivity contribution in [3.63, 3.8) is 0 Å². The Hall–Kier alpha value is -2.17. The van der Waals surface area contributed by atoms with Crippen molar-refractivity contribution in [2.45, 2.75) is 12.8 Å². The van der Waals surface area contributed by atoms with E-state index < -0.39 is 0 Å². The van der Waals surface area contributed by atoms with E-state index in [-0.39, 0.29) is 17.7 Å². The Morgan fingerprint density at radius 1 is 1.39 bits per heavy atom. The average molecular weight is 243 g/mol. The van der Waals surface area contributed by atoms with E-state index in [1.807, 2.05) is 24.3 Å². The third-order valence-electron chi connectivity index (χ3n) is 3.23. The maximum Gasteiger partial charge on any atom is 0.267 e. The van der Waals surface area contributed by atoms with Crippen LogP contribution >= 0.6 is 0 Å². The summed E-state index contributed by atoms with van der Waals surface area (Å²) in [6.45, 7) is 0. The number of para-hydroxylation sites is 1. The Kier molecular flexibility index (Phi) is 2.40. The van der Waals surface area contributed by atoms with Gasteiger partial charge in [-0.15, -0.1) is 10.2 Å². The molecule has 5 heteroatoms. The Balaban J connectivity index is 2.05. The lowest BCUT2D eigenvalue weighted by molar-refractivity contribution is -0.119. The summed E-state index contributed by atoms with van der Waals surface area (Å²) in [5, 5.41) is 18.4. The third-order valence-corrected chi connectivity index (χ3v) is 3.23. The molecule has 0 radical (unpaired) electrons. The number of nitrogens with zero attached hydrogens (tertiary/aromatic N) is 3. The van der Waals surface area contributed by atoms with Crippen molar-refractivity contribution < 1.29 is 9.90 Å². The lowest BCUT2D eigenvalue weighted by Crippen LogP contribution is -1.92. The van der Waals surface area contributed by atoms with Crippen LogP contribution in [0.2, 0.25) is 0 Å². The highest BCUT2D eigenvalue weighted by Gasteiger charge is 2.29. The summed E-state index contributed by atoms with van der Waals surface area (Å²) in [5.41, 5.74) is 1.23. The minimum absolute atomic E-state index is 0.0311. The normalized spacial score (nSPS) is 15.6. The molecule has 0 bridgehead atoms. The number of azo groups is 1. The number of carbonyl (C=O) groups is 1. The molecule has 1 N–H and O–H groups in total. The summed E-state index contributed by atoms with van der Waals surface area (Å²) >= 11 is 0. The van der Waals surface area contributed by atoms with E-state index in [0.717, 1.165) is 23.7 Å². The third kappa shape index (κ3) is 1.68. The number of aryl methyl sites for hydroxylation is 1. The quantitative estimate of drug-likeness (QED) is 0.824. The SMILES string of the molecule is Cn1c(O)c(N=NC(=O)C2CC2)c2ccccc21. The molecule has 1 aromatic carbocycles. The summed E-state index contributed by atoms with van der Waals surface area (Å²) < 4.78 is 1.63. The van der Waals surface area contributed by atoms with Crippen molar-refractivity contribution in [1.82, 2.24) is 4.57 Å². The van der Waals surface area contributed by atoms with Crippen molar-refractivity contribution in [3.05, 3.63) is 24.3 Å². The van der Waals surface area contributed by atoms with Gasteiger partial charge in [-0.25, -0.2) is 0 Å². The highest BCUT2D eigenvalue weighted by Crippen LogP contribution is 2.38. The smallest absolute Gasteiger partial charge is 0.267 e. The fourth-order valence-electron chi connectivity index (χ4n) is 1.97. The van der Waals surface area contributed by atoms with Crippen molar-refractivity contribution >= 4 is 22.5 Å². The van der Waals surface area contributed by atoms with Crippen LogP contribution in [0.25, 0.3) is 10.9 Å². The highest BCUT2D eigenvalue weighted by atomic mass is 16.3. The molecule has 2 aromatic rings. The van der Waals surface area contributed by atoms with E-state index >= 15 is 0 Å². The van der Waals surface area contributed by atoms with Crippen LogP contribution in [0.1, 0.15) is 12.8 Å². The molecule has 0 aliphatic heterocycles. The van der Waals surface area contributed by atoms with Crippen LogP contribution in [0.3, 0.4) is 0 Å². The van der Waals surface area contributed by atoms with Crippen LogP contribution in [0.15, 0.2) is 34.5 Å². The molecule has 1 saturated carbocycles. The summed E-state index contributed by atoms with van der Waals surface area (Å²) in [4.78, 5) is 11.5. The number of aromatic nitrogens is 1. The Labute approximate surface area is 104 Å². The van der Waals surface area contributed by atoms with Gasteiger partial charge in [0.2, 0.25) is 5.88 Å². The zero-order chi connectivity index (χ0) is 12.7. The molecule has 1 fully saturated rings. The molecular formula is C13H13N3O2. The lowest BCUT2D eigenvalue weighted by atomic mass is 10.2. The zero-order valence-corrected chi connectivity index (χ0v) is 10.00. The van der Waals surface area contributed by atoms with E-state index in [9.17, 15) is 9.90 Å². The van der Waals surface area contributed by atoms with Crippen LogP contribution in [0, 0.1) is 5.92 Å². The van der Waals surface area contributed by atoms with Crippen LogP contribution in [-0.2, 0) is 11.8 Å². The lowest BCUT2D eigenvalue weighted by Gasteiger charge is -1.95. The zero-order valence-electron chi connectivity index (χ0n) is 10.00. The molecule has 5 nitrogen and oxygen atoms in total. The van der Waals surface area contributed by atoms with Crippen LogP contribution in [-0.4, -0.2) is 15.6 Å². The van der Waals surface area contributed by atoms with E-state index in [0.29, 0.717) is 5.69 Å². The largest absolute Gasteiger partial charge is 0.493 e. The van der Waals surface area contributed by atoms with Gasteiger partial charge in [0.1, 0.15) is 0 Å². The van der Waals surface area contributed by atoms with Gasteiger partial charge in [-0.05, 0) is 18.9 Å². The van der Waals surface area contributed by atoms with Crippen molar-refractivity contribution in [1.29, 1.82) is 0 Å². The van der Waals surface area contributed by atoms with E-state index in [2.05, 4.69) is 10.2 Å². The van der Waals surface area contributed by atoms with Crippen LogP contribution in [0.4, 0.5) is 5.69 Å². The second-order valence-electron chi connectivity index (χ2n) is 4.56. The van der Waals surface area contributed by atoms with Gasteiger partial charge in [0.05, 0.1) is 5.52 Å². The number of rotatable bonds is 2. The first-order chi connectivity index (χ1) is 8.68. The van der Waals surface area contributed by atoms with Crippen molar-refractivity contribution in [2.24, 2.45) is 23.2 Å². The predicted molar refractivity (Wildman–Crippen MR) is 66.8 cm³/mol. The van der Waals surface area contributed by atoms with Crippen molar-refractivity contribution in [2.75, 3.05) is 0 Å². The summed E-state index contributed by atoms with van der Waals surface area (Å²) in [7, 11) is 1.75. The standard InChI is InChI=1S/C13H13N3O2/c1-16-10-5-3-2-4-9(10)11(13(16)18)14-15-12(17)8-6-7-8/h2-5,8,18H,6-7H2,1H3. The van der Waals surface area contributed by atoms with Gasteiger partial charge in [0.15, 0.2) is 5.69 Å². The monoisotopic (exact) mass is 243 g/mol. The predicted octanol–water partition coefficient (Wildman–Crippen LogP) is 2.90. The van der Waals surface area contributed by atoms with Crippen molar-refractivity contribution in [3.8, 4) is 5.88 Å². The minimum atomic E-state index is -0.192. The maximum absolute atomic E-state index is 11.5. The number of hydrogen-bond acceptors (Lipinski definition) is 3. The first-order valence-corrected chi connectivity index (χ1v) is 5.90. The van der Waals surface area contributed by atoms with Gasteiger partial charge < -0.3 is 9.67 Å². The fraction of sp³-hybridized carbons (Fsp3) is 0.308. The van der Waals surface area contributed by atoms with Gasteiger partial charge in [-0.3, -0.25) is 4.79 Å². The molecule has 1 aliphatic rings. The molecule has 18 heavy (non-hydrogen) atoms. The number of fused-ring (bicyclic) bond motifs is 1. The Morgan fingerprint density at radius 2 is 2.11 bits per heavy atom. The van der Waals surface area contributed by atoms with Gasteiger partial charge in [0, 0.05) is 18.4 Å². The first-order valence-electron chi connectivity index (χ1n) is 5.90. The highest BCUT2D eigenvalue weighted by molar-refractivity contribution is 5.95. The number of amides is 1. The molecule has 92 valence electrons. The molecule has 0 unspecified atom stereocenters. The molecule has 0 atom stereocenters. The summed E-state index contributed by atoms with van der Waals surface area (Å²) in [6.07, 6.45) is 1.80. The molecule has 1 aromatic heterocycles. The molecule has 1 amide bonds. The Bertz CT molecular complexity index is 654. The topological polar surface area (TPSA) is 66.9 Å². The van der Waals surface area contributed by atoms with Gasteiger partial charge in [0.25, 0.3) is 5.91 Å². The molecule has 1 aliphatic carbocycles. The Morgan fingerprint density at radius 3 is 2.83 bits per heavy atom. The van der Waals surface area contributed by atoms with Gasteiger partial charge in [-0.2, -0.15) is 0 Å². The van der Waals surface area contributed by atoms with E-state index in [4.69, 9.17) is 0 Å². The molecular weight excluding hydrogens is 230 g/mol. The molecule has 0 spiro atoms. The molecule has 3 rings (SSSR count). The van der Waals surface area contributed by atoms with Crippen LogP contribution in [0.5, 0.6) is 5.88 Å². The second kappa shape index (κ2) is 3.94. The minimum Gasteiger partial charge on any atom is -0.493 e. The second-order valence-corrected chi connectivity index (χ2v) is 4.56. The average Bonchev–Trinajstić information content (AvgIpc) is 3.19. The van der Waals surface area contributed by atoms with E-state index in [1.54, 1.807) is 11.6 Å². The fourth-order valence-corrected chi connectivity index (χ4v) is 1.97. The molecule has 0 saturated heterocycles. The number of hydrogen-bond donors (Lipinski definition) is 1. The summed E-state index contributed by atoms with van der Waals surface area (Å²) in [6, 6.07) is 7.49. The molecule has 1 heterocycles. The number of carbonyl (C=O) groups excluding carboxylic acids is 1. The van der Waals surface area contributed by atoms with Gasteiger partial charge in [-0.1, -0.05) is 18.2 Å². The number of benzene rings is 1. The summed E-state index contributed by atoms with van der Waals surface area (Å²) in [5.74, 6) is -0.114. The maximum atomic E-state index is 11.5. The van der Waals surface area contributed by atoms with E-state index in [1.165, 1.54) is 0 Å². The first kappa shape index (κ1) is 11.0. The van der Waals surface area contributed by atoms with Gasteiger partial charge >= 0.3 is 0 Å².